The SMILES string of the molecule is C=CC[C@@]12C=C(OC)C(=O)C=C1O[C@H](c1ccc(OC)c(OC)c1)[C@@H]2C. The predicted molar refractivity (Wildman–Crippen MR) is 98.0 cm³/mol. The Kier molecular flexibility index (Phi) is 4.81. The molecule has 1 aromatic rings. The van der Waals surface area contributed by atoms with Crippen LogP contribution in [0.3, 0.4) is 0 Å². The summed E-state index contributed by atoms with van der Waals surface area (Å²) in [6.45, 7) is 6.00. The van der Waals surface area contributed by atoms with Crippen LogP contribution in [-0.2, 0) is 14.3 Å². The molecule has 1 heterocycles. The number of rotatable bonds is 6. The van der Waals surface area contributed by atoms with E-state index < -0.39 is 5.41 Å². The number of benzene rings is 1. The summed E-state index contributed by atoms with van der Waals surface area (Å²) in [5.74, 6) is 2.21. The molecule has 0 radical (unpaired) electrons. The molecule has 0 spiro atoms. The maximum Gasteiger partial charge on any atom is 0.223 e. The van der Waals surface area contributed by atoms with Crippen molar-refractivity contribution in [1.29, 1.82) is 0 Å². The zero-order chi connectivity index (χ0) is 18.9. The molecule has 2 aliphatic rings. The Labute approximate surface area is 153 Å². The van der Waals surface area contributed by atoms with E-state index in [2.05, 4.69) is 13.5 Å². The summed E-state index contributed by atoms with van der Waals surface area (Å²) in [6, 6.07) is 5.75. The molecular formula is C21H24O5. The lowest BCUT2D eigenvalue weighted by Gasteiger charge is -2.31. The van der Waals surface area contributed by atoms with E-state index >= 15 is 0 Å². The third-order valence-electron chi connectivity index (χ3n) is 5.31. The number of carbonyl (C=O) groups excluding carboxylic acids is 1. The zero-order valence-electron chi connectivity index (χ0n) is 15.6. The number of hydrogen-bond donors (Lipinski definition) is 0. The quantitative estimate of drug-likeness (QED) is 0.722. The lowest BCUT2D eigenvalue weighted by Crippen LogP contribution is -2.29. The monoisotopic (exact) mass is 356 g/mol. The normalized spacial score (nSPS) is 27.0. The maximum atomic E-state index is 12.2. The molecule has 5 nitrogen and oxygen atoms in total. The van der Waals surface area contributed by atoms with Gasteiger partial charge in [-0.15, -0.1) is 6.58 Å². The standard InChI is InChI=1S/C21H24O5/c1-6-9-21-12-18(25-5)15(22)11-19(21)26-20(13(21)2)14-7-8-16(23-3)17(10-14)24-4/h6-8,10-13,20H,1,9H2,2-5H3/t13-,20-,21-/m0/s1. The highest BCUT2D eigenvalue weighted by atomic mass is 16.5. The molecule has 138 valence electrons. The minimum Gasteiger partial charge on any atom is -0.493 e. The lowest BCUT2D eigenvalue weighted by molar-refractivity contribution is -0.114. The number of fused-ring (bicyclic) bond motifs is 1. The highest BCUT2D eigenvalue weighted by Crippen LogP contribution is 2.57. The van der Waals surface area contributed by atoms with E-state index in [9.17, 15) is 4.79 Å². The third kappa shape index (κ3) is 2.68. The first-order chi connectivity index (χ1) is 12.5. The Balaban J connectivity index is 2.05. The summed E-state index contributed by atoms with van der Waals surface area (Å²) >= 11 is 0. The summed E-state index contributed by atoms with van der Waals surface area (Å²) < 4.78 is 22.3. The van der Waals surface area contributed by atoms with E-state index in [0.29, 0.717) is 29.4 Å². The second-order valence-corrected chi connectivity index (χ2v) is 6.56. The maximum absolute atomic E-state index is 12.2. The fraction of sp³-hybridized carbons (Fsp3) is 0.381. The van der Waals surface area contributed by atoms with E-state index in [1.54, 1.807) is 20.3 Å². The molecule has 0 amide bonds. The van der Waals surface area contributed by atoms with Gasteiger partial charge in [-0.25, -0.2) is 0 Å². The molecule has 0 aromatic heterocycles. The van der Waals surface area contributed by atoms with Crippen LogP contribution in [0.4, 0.5) is 0 Å². The first-order valence-corrected chi connectivity index (χ1v) is 8.53. The molecule has 3 rings (SSSR count). The molecule has 26 heavy (non-hydrogen) atoms. The van der Waals surface area contributed by atoms with Gasteiger partial charge in [0.05, 0.1) is 26.7 Å². The second-order valence-electron chi connectivity index (χ2n) is 6.56. The molecular weight excluding hydrogens is 332 g/mol. The van der Waals surface area contributed by atoms with Gasteiger partial charge in [0.25, 0.3) is 0 Å². The molecule has 0 N–H and O–H groups in total. The van der Waals surface area contributed by atoms with Crippen molar-refractivity contribution in [3.8, 4) is 11.5 Å². The summed E-state index contributed by atoms with van der Waals surface area (Å²) in [5.41, 5.74) is 0.521. The van der Waals surface area contributed by atoms with Gasteiger partial charge < -0.3 is 18.9 Å². The Hall–Kier alpha value is -2.69. The number of ketones is 1. The first-order valence-electron chi connectivity index (χ1n) is 8.53. The molecule has 1 aliphatic carbocycles. The van der Waals surface area contributed by atoms with Crippen molar-refractivity contribution < 1.29 is 23.7 Å². The van der Waals surface area contributed by atoms with Crippen LogP contribution in [0.5, 0.6) is 11.5 Å². The number of hydrogen-bond acceptors (Lipinski definition) is 5. The van der Waals surface area contributed by atoms with Gasteiger partial charge in [0.2, 0.25) is 5.78 Å². The first kappa shape index (κ1) is 18.1. The van der Waals surface area contributed by atoms with Crippen LogP contribution in [0.1, 0.15) is 25.0 Å². The molecule has 1 fully saturated rings. The van der Waals surface area contributed by atoms with E-state index in [1.807, 2.05) is 30.4 Å². The van der Waals surface area contributed by atoms with E-state index in [4.69, 9.17) is 18.9 Å². The number of allylic oxidation sites excluding steroid dienone is 3. The van der Waals surface area contributed by atoms with Gasteiger partial charge in [-0.05, 0) is 30.2 Å². The predicted octanol–water partition coefficient (Wildman–Crippen LogP) is 3.97. The van der Waals surface area contributed by atoms with Gasteiger partial charge in [-0.2, -0.15) is 0 Å². The van der Waals surface area contributed by atoms with Crippen LogP contribution >= 0.6 is 0 Å². The summed E-state index contributed by atoms with van der Waals surface area (Å²) in [5, 5.41) is 0. The van der Waals surface area contributed by atoms with Crippen molar-refractivity contribution >= 4 is 5.78 Å². The average Bonchev–Trinajstić information content (AvgIpc) is 2.93. The third-order valence-corrected chi connectivity index (χ3v) is 5.31. The van der Waals surface area contributed by atoms with Crippen LogP contribution in [0.2, 0.25) is 0 Å². The van der Waals surface area contributed by atoms with Crippen LogP contribution in [-0.4, -0.2) is 27.1 Å². The van der Waals surface area contributed by atoms with Crippen LogP contribution in [0.15, 0.2) is 54.5 Å². The number of ether oxygens (including phenoxy) is 4. The van der Waals surface area contributed by atoms with Crippen molar-refractivity contribution in [1.82, 2.24) is 0 Å². The summed E-state index contributed by atoms with van der Waals surface area (Å²) in [7, 11) is 4.72. The van der Waals surface area contributed by atoms with Gasteiger partial charge in [-0.3, -0.25) is 4.79 Å². The fourth-order valence-corrected chi connectivity index (χ4v) is 3.84. The Bertz CT molecular complexity index is 792. The van der Waals surface area contributed by atoms with Gasteiger partial charge in [0.1, 0.15) is 11.9 Å². The van der Waals surface area contributed by atoms with Crippen molar-refractivity contribution in [3.05, 3.63) is 60.1 Å². The van der Waals surface area contributed by atoms with E-state index in [0.717, 1.165) is 5.56 Å². The molecule has 0 bridgehead atoms. The molecule has 1 aromatic carbocycles. The Morgan fingerprint density at radius 2 is 1.92 bits per heavy atom. The van der Waals surface area contributed by atoms with Crippen LogP contribution in [0, 0.1) is 11.3 Å². The zero-order valence-corrected chi connectivity index (χ0v) is 15.6. The molecule has 3 atom stereocenters. The Morgan fingerprint density at radius 1 is 1.19 bits per heavy atom. The average molecular weight is 356 g/mol. The van der Waals surface area contributed by atoms with Crippen LogP contribution in [0.25, 0.3) is 0 Å². The topological polar surface area (TPSA) is 54.0 Å². The van der Waals surface area contributed by atoms with Gasteiger partial charge in [0.15, 0.2) is 17.3 Å². The Morgan fingerprint density at radius 3 is 2.54 bits per heavy atom. The summed E-state index contributed by atoms with van der Waals surface area (Å²) in [4.78, 5) is 12.2. The molecule has 0 saturated carbocycles. The van der Waals surface area contributed by atoms with Gasteiger partial charge in [0, 0.05) is 12.0 Å². The second kappa shape index (κ2) is 6.90. The van der Waals surface area contributed by atoms with Gasteiger partial charge in [-0.1, -0.05) is 19.1 Å². The largest absolute Gasteiger partial charge is 0.493 e. The highest BCUT2D eigenvalue weighted by molar-refractivity contribution is 6.04. The van der Waals surface area contributed by atoms with E-state index in [1.165, 1.54) is 7.11 Å². The molecule has 1 aliphatic heterocycles. The number of carbonyl (C=O) groups is 1. The minimum absolute atomic E-state index is 0.0723. The van der Waals surface area contributed by atoms with Crippen molar-refractivity contribution in [3.63, 3.8) is 0 Å². The van der Waals surface area contributed by atoms with Crippen molar-refractivity contribution in [2.24, 2.45) is 11.3 Å². The highest BCUT2D eigenvalue weighted by Gasteiger charge is 2.52. The van der Waals surface area contributed by atoms with Crippen molar-refractivity contribution in [2.75, 3.05) is 21.3 Å². The number of methoxy groups -OCH3 is 3. The van der Waals surface area contributed by atoms with Crippen LogP contribution < -0.4 is 9.47 Å². The summed E-state index contributed by atoms with van der Waals surface area (Å²) in [6.07, 6.45) is 5.72. The lowest BCUT2D eigenvalue weighted by atomic mass is 9.69. The van der Waals surface area contributed by atoms with Crippen molar-refractivity contribution in [2.45, 2.75) is 19.4 Å². The van der Waals surface area contributed by atoms with E-state index in [-0.39, 0.29) is 17.8 Å². The molecule has 1 saturated heterocycles. The molecule has 0 unspecified atom stereocenters. The fourth-order valence-electron chi connectivity index (χ4n) is 3.84. The molecule has 5 heteroatoms. The smallest absolute Gasteiger partial charge is 0.223 e. The van der Waals surface area contributed by atoms with Gasteiger partial charge >= 0.3 is 0 Å². The minimum atomic E-state index is -0.446.